The van der Waals surface area contributed by atoms with E-state index in [1.54, 1.807) is 18.3 Å². The number of thioether (sulfide) groups is 1. The summed E-state index contributed by atoms with van der Waals surface area (Å²) in [5.41, 5.74) is 1.21. The zero-order valence-corrected chi connectivity index (χ0v) is 16.9. The maximum Gasteiger partial charge on any atom is 0.416 e. The molecule has 0 unspecified atom stereocenters. The van der Waals surface area contributed by atoms with Crippen molar-refractivity contribution in [3.8, 4) is 0 Å². The molecule has 0 aliphatic heterocycles. The number of para-hydroxylation sites is 2. The molecule has 0 spiro atoms. The number of carbonyl (C=O) groups excluding carboxylic acids is 1. The van der Waals surface area contributed by atoms with E-state index in [-0.39, 0.29) is 11.7 Å². The number of anilines is 1. The van der Waals surface area contributed by atoms with Crippen molar-refractivity contribution in [2.45, 2.75) is 17.8 Å². The van der Waals surface area contributed by atoms with Gasteiger partial charge in [-0.15, -0.1) is 11.3 Å². The number of oxazole rings is 1. The number of aromatic nitrogens is 2. The van der Waals surface area contributed by atoms with Gasteiger partial charge in [-0.1, -0.05) is 42.1 Å². The van der Waals surface area contributed by atoms with Crippen LogP contribution in [0.1, 0.15) is 16.0 Å². The van der Waals surface area contributed by atoms with E-state index in [9.17, 15) is 18.0 Å². The summed E-state index contributed by atoms with van der Waals surface area (Å²) in [6.07, 6.45) is -2.53. The number of nitrogens with one attached hydrogen (secondary N) is 1. The summed E-state index contributed by atoms with van der Waals surface area (Å²) in [6, 6.07) is 12.5. The van der Waals surface area contributed by atoms with Gasteiger partial charge in [0.15, 0.2) is 10.7 Å². The monoisotopic (exact) mass is 449 g/mol. The number of amides is 1. The molecule has 4 rings (SSSR count). The summed E-state index contributed by atoms with van der Waals surface area (Å²) >= 11 is 2.39. The highest BCUT2D eigenvalue weighted by atomic mass is 32.2. The Morgan fingerprint density at radius 1 is 1.17 bits per heavy atom. The van der Waals surface area contributed by atoms with Crippen LogP contribution in [0.2, 0.25) is 0 Å². The number of hydrogen-bond acceptors (Lipinski definition) is 6. The summed E-state index contributed by atoms with van der Waals surface area (Å²) in [6.45, 7) is 0. The predicted octanol–water partition coefficient (Wildman–Crippen LogP) is 5.62. The van der Waals surface area contributed by atoms with E-state index in [0.717, 1.165) is 22.5 Å². The van der Waals surface area contributed by atoms with Crippen LogP contribution in [-0.2, 0) is 17.4 Å². The Kier molecular flexibility index (Phi) is 5.78. The number of fused-ring (bicyclic) bond motifs is 1. The highest BCUT2D eigenvalue weighted by Gasteiger charge is 2.30. The van der Waals surface area contributed by atoms with Gasteiger partial charge in [0.05, 0.1) is 11.3 Å². The zero-order chi connectivity index (χ0) is 21.1. The van der Waals surface area contributed by atoms with Crippen LogP contribution in [0.4, 0.5) is 18.3 Å². The molecule has 2 aromatic heterocycles. The second-order valence-electron chi connectivity index (χ2n) is 6.29. The Morgan fingerprint density at radius 2 is 2.00 bits per heavy atom. The summed E-state index contributed by atoms with van der Waals surface area (Å²) in [7, 11) is 0. The largest absolute Gasteiger partial charge is 0.431 e. The van der Waals surface area contributed by atoms with Crippen molar-refractivity contribution in [1.29, 1.82) is 0 Å². The van der Waals surface area contributed by atoms with Gasteiger partial charge in [0.1, 0.15) is 5.52 Å². The van der Waals surface area contributed by atoms with Crippen LogP contribution in [0, 0.1) is 0 Å². The lowest BCUT2D eigenvalue weighted by atomic mass is 10.1. The van der Waals surface area contributed by atoms with E-state index in [2.05, 4.69) is 15.3 Å². The Hall–Kier alpha value is -2.85. The van der Waals surface area contributed by atoms with Gasteiger partial charge in [0.25, 0.3) is 5.22 Å². The van der Waals surface area contributed by atoms with E-state index >= 15 is 0 Å². The highest BCUT2D eigenvalue weighted by Crippen LogP contribution is 2.31. The molecule has 4 aromatic rings. The SMILES string of the molecule is O=C(CSc1nc2ccccc2o1)Nc1ncc(Cc2cccc(C(F)(F)F)c2)s1. The minimum Gasteiger partial charge on any atom is -0.431 e. The van der Waals surface area contributed by atoms with Crippen molar-refractivity contribution in [3.63, 3.8) is 0 Å². The van der Waals surface area contributed by atoms with Crippen molar-refractivity contribution in [2.24, 2.45) is 0 Å². The van der Waals surface area contributed by atoms with Crippen LogP contribution in [0.5, 0.6) is 0 Å². The molecule has 2 aromatic carbocycles. The molecule has 5 nitrogen and oxygen atoms in total. The fraction of sp³-hybridized carbons (Fsp3) is 0.150. The standard InChI is InChI=1S/C20H14F3N3O2S2/c21-20(22,23)13-5-3-4-12(8-13)9-14-10-24-18(30-14)26-17(27)11-29-19-25-15-6-1-2-7-16(15)28-19/h1-8,10H,9,11H2,(H,24,26,27). The van der Waals surface area contributed by atoms with E-state index in [4.69, 9.17) is 4.42 Å². The van der Waals surface area contributed by atoms with Crippen LogP contribution >= 0.6 is 23.1 Å². The molecule has 30 heavy (non-hydrogen) atoms. The molecule has 1 amide bonds. The van der Waals surface area contributed by atoms with E-state index in [1.165, 1.54) is 29.2 Å². The Labute approximate surface area is 177 Å². The molecule has 0 aliphatic carbocycles. The smallest absolute Gasteiger partial charge is 0.416 e. The fourth-order valence-corrected chi connectivity index (χ4v) is 4.20. The van der Waals surface area contributed by atoms with Gasteiger partial charge < -0.3 is 9.73 Å². The van der Waals surface area contributed by atoms with Gasteiger partial charge >= 0.3 is 6.18 Å². The average Bonchev–Trinajstić information content (AvgIpc) is 3.32. The number of thiazole rings is 1. The quantitative estimate of drug-likeness (QED) is 0.387. The van der Waals surface area contributed by atoms with Gasteiger partial charge in [-0.2, -0.15) is 13.2 Å². The lowest BCUT2D eigenvalue weighted by molar-refractivity contribution is -0.137. The fourth-order valence-electron chi connectivity index (χ4n) is 2.70. The number of hydrogen-bond donors (Lipinski definition) is 1. The van der Waals surface area contributed by atoms with Crippen molar-refractivity contribution >= 4 is 45.2 Å². The molecule has 0 bridgehead atoms. The molecule has 0 fully saturated rings. The molecular formula is C20H14F3N3O2S2. The molecule has 0 radical (unpaired) electrons. The number of rotatable bonds is 6. The lowest BCUT2D eigenvalue weighted by Crippen LogP contribution is -2.13. The van der Waals surface area contributed by atoms with Crippen LogP contribution in [0.15, 0.2) is 64.4 Å². The molecule has 0 saturated heterocycles. The topological polar surface area (TPSA) is 68.0 Å². The van der Waals surface area contributed by atoms with Crippen LogP contribution in [-0.4, -0.2) is 21.6 Å². The Bertz CT molecular complexity index is 1150. The predicted molar refractivity (Wildman–Crippen MR) is 110 cm³/mol. The lowest BCUT2D eigenvalue weighted by Gasteiger charge is -2.07. The number of halogens is 3. The van der Waals surface area contributed by atoms with Gasteiger partial charge in [0.2, 0.25) is 5.91 Å². The first-order valence-corrected chi connectivity index (χ1v) is 10.6. The Balaban J connectivity index is 1.33. The molecule has 1 N–H and O–H groups in total. The molecule has 2 heterocycles. The second kappa shape index (κ2) is 8.49. The molecule has 0 aliphatic rings. The summed E-state index contributed by atoms with van der Waals surface area (Å²) in [5, 5.41) is 3.47. The second-order valence-corrected chi connectivity index (χ2v) is 8.33. The van der Waals surface area contributed by atoms with Crippen LogP contribution in [0.3, 0.4) is 0 Å². The normalized spacial score (nSPS) is 11.7. The first kappa shape index (κ1) is 20.4. The first-order valence-electron chi connectivity index (χ1n) is 8.76. The summed E-state index contributed by atoms with van der Waals surface area (Å²) in [4.78, 5) is 21.3. The number of alkyl halides is 3. The third-order valence-corrected chi connectivity index (χ3v) is 5.77. The van der Waals surface area contributed by atoms with Crippen molar-refractivity contribution in [1.82, 2.24) is 9.97 Å². The van der Waals surface area contributed by atoms with Gasteiger partial charge in [-0.25, -0.2) is 9.97 Å². The van der Waals surface area contributed by atoms with Crippen LogP contribution < -0.4 is 5.32 Å². The summed E-state index contributed by atoms with van der Waals surface area (Å²) < 4.78 is 44.1. The maximum absolute atomic E-state index is 12.8. The number of benzene rings is 2. The average molecular weight is 449 g/mol. The minimum atomic E-state index is -4.38. The van der Waals surface area contributed by atoms with Crippen LogP contribution in [0.25, 0.3) is 11.1 Å². The number of carbonyl (C=O) groups is 1. The van der Waals surface area contributed by atoms with Gasteiger partial charge in [0, 0.05) is 17.5 Å². The minimum absolute atomic E-state index is 0.0926. The third kappa shape index (κ3) is 5.00. The highest BCUT2D eigenvalue weighted by molar-refractivity contribution is 7.99. The zero-order valence-electron chi connectivity index (χ0n) is 15.3. The van der Waals surface area contributed by atoms with E-state index in [0.29, 0.717) is 27.9 Å². The summed E-state index contributed by atoms with van der Waals surface area (Å²) in [5.74, 6) is -0.183. The van der Waals surface area contributed by atoms with Crippen molar-refractivity contribution in [2.75, 3.05) is 11.1 Å². The Morgan fingerprint density at radius 3 is 2.80 bits per heavy atom. The molecule has 0 atom stereocenters. The van der Waals surface area contributed by atoms with Gasteiger partial charge in [-0.3, -0.25) is 4.79 Å². The first-order chi connectivity index (χ1) is 14.4. The van der Waals surface area contributed by atoms with Crippen molar-refractivity contribution in [3.05, 3.63) is 70.7 Å². The molecule has 0 saturated carbocycles. The van der Waals surface area contributed by atoms with E-state index < -0.39 is 11.7 Å². The number of nitrogens with zero attached hydrogens (tertiary/aromatic N) is 2. The third-order valence-electron chi connectivity index (χ3n) is 4.03. The molecule has 10 heteroatoms. The maximum atomic E-state index is 12.8. The van der Waals surface area contributed by atoms with Gasteiger partial charge in [-0.05, 0) is 23.8 Å². The van der Waals surface area contributed by atoms with E-state index in [1.807, 2.05) is 18.2 Å². The molecular weight excluding hydrogens is 435 g/mol. The van der Waals surface area contributed by atoms with Crippen molar-refractivity contribution < 1.29 is 22.4 Å². The molecule has 154 valence electrons.